The van der Waals surface area contributed by atoms with Gasteiger partial charge in [0.2, 0.25) is 17.7 Å². The Balaban J connectivity index is 0.00000159. The lowest BCUT2D eigenvalue weighted by molar-refractivity contribution is -0.137. The standard InChI is InChI=1S/C23H32FN3O4P2.C3H8O/c1-22(2,3)19(21(30)25-13-23(24,32)33)26-20(29)17(12-18(28)27-31)11-14-8-9-15-6-4-5-7-16(15)10-14;1-2-3-4/h4-10,17,19,31H,11-13,32-33H2,1-3H3,(H,25,30)(H,26,29)(H,27,28);4H,2-3H2,1H3. The van der Waals surface area contributed by atoms with Crippen molar-refractivity contribution in [1.29, 1.82) is 0 Å². The Morgan fingerprint density at radius 3 is 2.14 bits per heavy atom. The monoisotopic (exact) mass is 555 g/mol. The molecule has 0 aliphatic carbocycles. The number of hydrogen-bond donors (Lipinski definition) is 5. The number of hydrogen-bond acceptors (Lipinski definition) is 5. The average Bonchev–Trinajstić information content (AvgIpc) is 2.84. The van der Waals surface area contributed by atoms with Crippen LogP contribution >= 0.6 is 18.5 Å². The zero-order valence-corrected chi connectivity index (χ0v) is 24.2. The van der Waals surface area contributed by atoms with Gasteiger partial charge in [0.25, 0.3) is 0 Å². The number of fused-ring (bicyclic) bond motifs is 1. The highest BCUT2D eigenvalue weighted by atomic mass is 31.1. The van der Waals surface area contributed by atoms with Crippen LogP contribution in [0.4, 0.5) is 4.39 Å². The van der Waals surface area contributed by atoms with Crippen LogP contribution in [0.5, 0.6) is 0 Å². The fourth-order valence-electron chi connectivity index (χ4n) is 3.44. The van der Waals surface area contributed by atoms with Gasteiger partial charge in [0.05, 0.1) is 12.5 Å². The van der Waals surface area contributed by atoms with Crippen molar-refractivity contribution in [2.75, 3.05) is 13.2 Å². The number of amides is 3. The van der Waals surface area contributed by atoms with Gasteiger partial charge in [-0.25, -0.2) is 9.87 Å². The lowest BCUT2D eigenvalue weighted by Crippen LogP contribution is -2.56. The molecule has 2 aromatic rings. The largest absolute Gasteiger partial charge is 0.396 e. The van der Waals surface area contributed by atoms with Gasteiger partial charge in [-0.05, 0) is 34.6 Å². The van der Waals surface area contributed by atoms with Crippen LogP contribution in [0, 0.1) is 11.3 Å². The van der Waals surface area contributed by atoms with E-state index in [4.69, 9.17) is 10.3 Å². The highest BCUT2D eigenvalue weighted by Crippen LogP contribution is 2.28. The van der Waals surface area contributed by atoms with Crippen LogP contribution in [0.15, 0.2) is 42.5 Å². The molecule has 5 N–H and O–H groups in total. The topological polar surface area (TPSA) is 128 Å². The Hall–Kier alpha value is -2.18. The molecule has 4 unspecified atom stereocenters. The van der Waals surface area contributed by atoms with Gasteiger partial charge in [-0.2, -0.15) is 0 Å². The molecular weight excluding hydrogens is 515 g/mol. The van der Waals surface area contributed by atoms with Gasteiger partial charge in [-0.3, -0.25) is 19.6 Å². The van der Waals surface area contributed by atoms with E-state index < -0.39 is 40.2 Å². The van der Waals surface area contributed by atoms with Crippen molar-refractivity contribution in [3.63, 3.8) is 0 Å². The van der Waals surface area contributed by atoms with Crippen molar-refractivity contribution in [2.24, 2.45) is 11.3 Å². The van der Waals surface area contributed by atoms with E-state index in [1.165, 1.54) is 0 Å². The van der Waals surface area contributed by atoms with Gasteiger partial charge in [0.1, 0.15) is 6.04 Å². The highest BCUT2D eigenvalue weighted by molar-refractivity contribution is 7.39. The van der Waals surface area contributed by atoms with Crippen LogP contribution in [-0.2, 0) is 20.8 Å². The summed E-state index contributed by atoms with van der Waals surface area (Å²) >= 11 is 0. The van der Waals surface area contributed by atoms with Crippen molar-refractivity contribution in [2.45, 2.75) is 58.2 Å². The van der Waals surface area contributed by atoms with Crippen molar-refractivity contribution in [3.05, 3.63) is 48.0 Å². The maximum absolute atomic E-state index is 13.8. The van der Waals surface area contributed by atoms with E-state index in [2.05, 4.69) is 10.6 Å². The molecule has 11 heteroatoms. The normalized spacial score (nSPS) is 13.1. The molecule has 0 aliphatic rings. The second-order valence-corrected chi connectivity index (χ2v) is 12.6. The first kappa shape index (κ1) is 32.8. The van der Waals surface area contributed by atoms with Crippen molar-refractivity contribution in [3.8, 4) is 0 Å². The summed E-state index contributed by atoms with van der Waals surface area (Å²) in [5, 5.41) is 22.4. The van der Waals surface area contributed by atoms with Gasteiger partial charge in [-0.1, -0.05) is 88.6 Å². The quantitative estimate of drug-likeness (QED) is 0.175. The minimum atomic E-state index is -1.76. The molecule has 0 saturated heterocycles. The molecule has 0 aromatic heterocycles. The molecule has 37 heavy (non-hydrogen) atoms. The third-order valence-electron chi connectivity index (χ3n) is 5.40. The predicted molar refractivity (Wildman–Crippen MR) is 151 cm³/mol. The maximum atomic E-state index is 13.8. The molecule has 3 amide bonds. The molecule has 0 spiro atoms. The molecule has 0 fully saturated rings. The first-order valence-electron chi connectivity index (χ1n) is 12.1. The summed E-state index contributed by atoms with van der Waals surface area (Å²) in [5.41, 5.74) is 1.73. The third kappa shape index (κ3) is 12.3. The van der Waals surface area contributed by atoms with Crippen LogP contribution < -0.4 is 16.1 Å². The summed E-state index contributed by atoms with van der Waals surface area (Å²) in [5.74, 6) is -2.58. The Bertz CT molecular complexity index is 1040. The van der Waals surface area contributed by atoms with E-state index in [0.29, 0.717) is 6.61 Å². The second-order valence-electron chi connectivity index (χ2n) is 10.00. The smallest absolute Gasteiger partial charge is 0.244 e. The fourth-order valence-corrected chi connectivity index (χ4v) is 3.64. The van der Waals surface area contributed by atoms with Crippen LogP contribution in [0.1, 0.15) is 46.1 Å². The zero-order valence-electron chi connectivity index (χ0n) is 21.9. The summed E-state index contributed by atoms with van der Waals surface area (Å²) < 4.78 is 13.8. The zero-order chi connectivity index (χ0) is 28.2. The minimum absolute atomic E-state index is 0.230. The van der Waals surface area contributed by atoms with Crippen LogP contribution in [0.25, 0.3) is 10.8 Å². The summed E-state index contributed by atoms with van der Waals surface area (Å²) in [6, 6.07) is 12.6. The predicted octanol–water partition coefficient (Wildman–Crippen LogP) is 3.30. The van der Waals surface area contributed by atoms with E-state index in [-0.39, 0.29) is 19.4 Å². The Morgan fingerprint density at radius 1 is 1.03 bits per heavy atom. The highest BCUT2D eigenvalue weighted by Gasteiger charge is 2.35. The molecule has 206 valence electrons. The number of rotatable bonds is 10. The molecule has 0 heterocycles. The summed E-state index contributed by atoms with van der Waals surface area (Å²) in [4.78, 5) is 37.8. The number of carbonyl (C=O) groups excluding carboxylic acids is 3. The van der Waals surface area contributed by atoms with E-state index >= 15 is 0 Å². The van der Waals surface area contributed by atoms with E-state index in [1.54, 1.807) is 26.3 Å². The molecule has 0 saturated carbocycles. The number of hydroxylamine groups is 1. The SMILES string of the molecule is CC(C)(C)C(NC(=O)C(CC(=O)NO)Cc1ccc2ccccc2c1)C(=O)NCC(F)(P)P.CCCO. The average molecular weight is 556 g/mol. The number of halogens is 1. The lowest BCUT2D eigenvalue weighted by Gasteiger charge is -2.32. The number of carbonyl (C=O) groups is 3. The number of aliphatic hydroxyl groups excluding tert-OH is 1. The minimum Gasteiger partial charge on any atom is -0.396 e. The van der Waals surface area contributed by atoms with Crippen molar-refractivity contribution < 1.29 is 29.1 Å². The van der Waals surface area contributed by atoms with Crippen LogP contribution in [0.2, 0.25) is 0 Å². The molecule has 4 atom stereocenters. The van der Waals surface area contributed by atoms with E-state index in [1.807, 2.05) is 67.9 Å². The van der Waals surface area contributed by atoms with Gasteiger partial charge < -0.3 is 15.7 Å². The first-order chi connectivity index (χ1) is 17.2. The molecule has 0 bridgehead atoms. The third-order valence-corrected chi connectivity index (χ3v) is 5.80. The van der Waals surface area contributed by atoms with E-state index in [0.717, 1.165) is 22.8 Å². The molecular formula is C26H40FN3O5P2. The summed E-state index contributed by atoms with van der Waals surface area (Å²) in [7, 11) is 3.95. The molecule has 2 rings (SSSR count). The van der Waals surface area contributed by atoms with Gasteiger partial charge in [0, 0.05) is 13.0 Å². The van der Waals surface area contributed by atoms with Crippen LogP contribution in [0.3, 0.4) is 0 Å². The van der Waals surface area contributed by atoms with Crippen molar-refractivity contribution >= 4 is 47.0 Å². The van der Waals surface area contributed by atoms with Crippen LogP contribution in [-0.4, -0.2) is 52.4 Å². The Kier molecular flexibility index (Phi) is 13.6. The molecule has 0 radical (unpaired) electrons. The number of aliphatic hydroxyl groups is 1. The number of benzene rings is 2. The lowest BCUT2D eigenvalue weighted by atomic mass is 9.85. The Morgan fingerprint density at radius 2 is 1.62 bits per heavy atom. The molecule has 2 aromatic carbocycles. The first-order valence-corrected chi connectivity index (χ1v) is 13.2. The van der Waals surface area contributed by atoms with Gasteiger partial charge in [0.15, 0.2) is 5.15 Å². The number of alkyl halides is 1. The van der Waals surface area contributed by atoms with E-state index in [9.17, 15) is 18.8 Å². The molecule has 8 nitrogen and oxygen atoms in total. The summed E-state index contributed by atoms with van der Waals surface area (Å²) in [6.45, 7) is 7.32. The summed E-state index contributed by atoms with van der Waals surface area (Å²) in [6.07, 6.45) is 0.839. The van der Waals surface area contributed by atoms with Crippen molar-refractivity contribution in [1.82, 2.24) is 16.1 Å². The molecule has 0 aliphatic heterocycles. The maximum Gasteiger partial charge on any atom is 0.244 e. The van der Waals surface area contributed by atoms with Gasteiger partial charge >= 0.3 is 0 Å². The van der Waals surface area contributed by atoms with Gasteiger partial charge in [-0.15, -0.1) is 0 Å². The number of nitrogens with one attached hydrogen (secondary N) is 3. The Labute approximate surface area is 222 Å². The second kappa shape index (κ2) is 15.3. The fraction of sp³-hybridized carbons (Fsp3) is 0.500.